The number of hydrogen-bond acceptors (Lipinski definition) is 3. The lowest BCUT2D eigenvalue weighted by Crippen LogP contribution is -2.30. The van der Waals surface area contributed by atoms with E-state index in [2.05, 4.69) is 9.98 Å². The quantitative estimate of drug-likeness (QED) is 0.359. The summed E-state index contributed by atoms with van der Waals surface area (Å²) in [6, 6.07) is 3.47. The van der Waals surface area contributed by atoms with Gasteiger partial charge in [-0.2, -0.15) is 10.3 Å². The molecule has 0 amide bonds. The van der Waals surface area contributed by atoms with Crippen LogP contribution in [-0.2, 0) is 6.54 Å². The Balaban J connectivity index is 2.77. The molecule has 0 aromatic carbocycles. The number of rotatable bonds is 4. The van der Waals surface area contributed by atoms with Crippen LogP contribution in [0.15, 0.2) is 23.3 Å². The lowest BCUT2D eigenvalue weighted by atomic mass is 10.2. The molecule has 0 aliphatic heterocycles. The third kappa shape index (κ3) is 4.37. The molecule has 0 aliphatic rings. The van der Waals surface area contributed by atoms with Crippen LogP contribution < -0.4 is 0 Å². The van der Waals surface area contributed by atoms with Crippen LogP contribution in [0.3, 0.4) is 0 Å². The van der Waals surface area contributed by atoms with Crippen LogP contribution in [0.4, 0.5) is 4.39 Å². The molecule has 1 rings (SSSR count). The lowest BCUT2D eigenvalue weighted by molar-refractivity contribution is 0.347. The number of hydrogen-bond donors (Lipinski definition) is 0. The van der Waals surface area contributed by atoms with Crippen molar-refractivity contribution in [3.8, 4) is 6.19 Å². The van der Waals surface area contributed by atoms with Gasteiger partial charge in [-0.15, -0.1) is 0 Å². The first-order chi connectivity index (χ1) is 8.17. The van der Waals surface area contributed by atoms with E-state index in [0.29, 0.717) is 17.5 Å². The van der Waals surface area contributed by atoms with Gasteiger partial charge < -0.3 is 4.90 Å². The number of nitriles is 1. The van der Waals surface area contributed by atoms with Crippen LogP contribution in [-0.4, -0.2) is 28.9 Å². The zero-order valence-electron chi connectivity index (χ0n) is 9.40. The average Bonchev–Trinajstić information content (AvgIpc) is 2.31. The molecular formula is C11H12ClFN4. The fourth-order valence-corrected chi connectivity index (χ4v) is 1.43. The minimum atomic E-state index is -0.501. The van der Waals surface area contributed by atoms with E-state index in [-0.39, 0.29) is 6.54 Å². The molecule has 0 radical (unpaired) electrons. The lowest BCUT2D eigenvalue weighted by Gasteiger charge is -2.21. The Labute approximate surface area is 104 Å². The zero-order valence-corrected chi connectivity index (χ0v) is 10.2. The standard InChI is InChI=1S/C11H12ClFN4/c1-9(16-8-14)17(5-4-13)7-10-2-3-11(12)15-6-10/h2-3,6H,4-5,7H2,1H3. The summed E-state index contributed by atoms with van der Waals surface area (Å²) >= 11 is 5.67. The topological polar surface area (TPSA) is 52.3 Å². The highest BCUT2D eigenvalue weighted by molar-refractivity contribution is 6.29. The third-order valence-corrected chi connectivity index (χ3v) is 2.41. The van der Waals surface area contributed by atoms with Crippen LogP contribution in [0, 0.1) is 11.5 Å². The Morgan fingerprint density at radius 2 is 2.41 bits per heavy atom. The van der Waals surface area contributed by atoms with Gasteiger partial charge in [-0.1, -0.05) is 17.7 Å². The van der Waals surface area contributed by atoms with Crippen molar-refractivity contribution < 1.29 is 4.39 Å². The van der Waals surface area contributed by atoms with Gasteiger partial charge in [0.1, 0.15) is 17.7 Å². The largest absolute Gasteiger partial charge is 0.353 e. The summed E-state index contributed by atoms with van der Waals surface area (Å²) < 4.78 is 12.4. The minimum absolute atomic E-state index is 0.194. The summed E-state index contributed by atoms with van der Waals surface area (Å²) in [5, 5.41) is 8.88. The summed E-state index contributed by atoms with van der Waals surface area (Å²) in [7, 11) is 0. The molecule has 1 aromatic rings. The Morgan fingerprint density at radius 3 is 2.94 bits per heavy atom. The van der Waals surface area contributed by atoms with Gasteiger partial charge in [0.25, 0.3) is 0 Å². The van der Waals surface area contributed by atoms with E-state index in [0.717, 1.165) is 5.56 Å². The summed E-state index contributed by atoms with van der Waals surface area (Å²) in [4.78, 5) is 9.20. The highest BCUT2D eigenvalue weighted by Gasteiger charge is 2.08. The van der Waals surface area contributed by atoms with Crippen LogP contribution in [0.5, 0.6) is 0 Å². The van der Waals surface area contributed by atoms with E-state index in [1.165, 1.54) is 0 Å². The van der Waals surface area contributed by atoms with E-state index < -0.39 is 6.67 Å². The molecule has 1 heterocycles. The molecule has 90 valence electrons. The Bertz CT molecular complexity index is 424. The summed E-state index contributed by atoms with van der Waals surface area (Å²) in [6.07, 6.45) is 3.31. The number of pyridine rings is 1. The number of halogens is 2. The number of aliphatic imine (C=N–C) groups is 1. The maximum Gasteiger partial charge on any atom is 0.207 e. The van der Waals surface area contributed by atoms with E-state index in [4.69, 9.17) is 16.9 Å². The second kappa shape index (κ2) is 6.81. The van der Waals surface area contributed by atoms with Gasteiger partial charge in [0, 0.05) is 19.3 Å². The minimum Gasteiger partial charge on any atom is -0.353 e. The number of alkyl halides is 1. The highest BCUT2D eigenvalue weighted by atomic mass is 35.5. The van der Waals surface area contributed by atoms with Gasteiger partial charge in [-0.05, 0) is 18.6 Å². The smallest absolute Gasteiger partial charge is 0.207 e. The molecule has 4 nitrogen and oxygen atoms in total. The zero-order chi connectivity index (χ0) is 12.7. The first-order valence-electron chi connectivity index (χ1n) is 5.02. The van der Waals surface area contributed by atoms with Gasteiger partial charge in [0.05, 0.1) is 0 Å². The SMILES string of the molecule is CC(=NC#N)N(CCF)Cc1ccc(Cl)nc1. The fraction of sp³-hybridized carbons (Fsp3) is 0.364. The molecule has 0 bridgehead atoms. The van der Waals surface area contributed by atoms with Crippen LogP contribution in [0.2, 0.25) is 5.15 Å². The highest BCUT2D eigenvalue weighted by Crippen LogP contribution is 2.08. The molecule has 0 aliphatic carbocycles. The predicted molar refractivity (Wildman–Crippen MR) is 64.4 cm³/mol. The molecule has 0 atom stereocenters. The average molecular weight is 255 g/mol. The third-order valence-electron chi connectivity index (χ3n) is 2.19. The van der Waals surface area contributed by atoms with E-state index >= 15 is 0 Å². The Morgan fingerprint density at radius 1 is 1.65 bits per heavy atom. The molecule has 1 aromatic heterocycles. The Kier molecular flexibility index (Phi) is 5.37. The van der Waals surface area contributed by atoms with Gasteiger partial charge in [0.2, 0.25) is 6.19 Å². The van der Waals surface area contributed by atoms with E-state index in [1.54, 1.807) is 36.3 Å². The first-order valence-corrected chi connectivity index (χ1v) is 5.40. The van der Waals surface area contributed by atoms with Gasteiger partial charge >= 0.3 is 0 Å². The van der Waals surface area contributed by atoms with Gasteiger partial charge in [0.15, 0.2) is 0 Å². The molecule has 0 saturated heterocycles. The van der Waals surface area contributed by atoms with Crippen LogP contribution in [0.1, 0.15) is 12.5 Å². The summed E-state index contributed by atoms with van der Waals surface area (Å²) in [5.41, 5.74) is 0.885. The molecule has 0 N–H and O–H groups in total. The van der Waals surface area contributed by atoms with Crippen molar-refractivity contribution in [2.45, 2.75) is 13.5 Å². The van der Waals surface area contributed by atoms with Gasteiger partial charge in [-0.3, -0.25) is 0 Å². The second-order valence-electron chi connectivity index (χ2n) is 3.36. The normalized spacial score (nSPS) is 11.1. The molecule has 0 unspecified atom stereocenters. The van der Waals surface area contributed by atoms with Crippen LogP contribution >= 0.6 is 11.6 Å². The van der Waals surface area contributed by atoms with Crippen molar-refractivity contribution in [3.63, 3.8) is 0 Å². The summed E-state index contributed by atoms with van der Waals surface area (Å²) in [6.45, 7) is 1.81. The number of amidine groups is 1. The Hall–Kier alpha value is -1.67. The van der Waals surface area contributed by atoms with Crippen LogP contribution in [0.25, 0.3) is 0 Å². The van der Waals surface area contributed by atoms with Crippen molar-refractivity contribution >= 4 is 17.4 Å². The van der Waals surface area contributed by atoms with Crippen molar-refractivity contribution in [2.75, 3.05) is 13.2 Å². The number of nitrogens with zero attached hydrogens (tertiary/aromatic N) is 4. The van der Waals surface area contributed by atoms with Crippen molar-refractivity contribution in [1.29, 1.82) is 5.26 Å². The molecule has 0 fully saturated rings. The fourth-order valence-electron chi connectivity index (χ4n) is 1.32. The maximum atomic E-state index is 12.4. The molecule has 0 spiro atoms. The van der Waals surface area contributed by atoms with Crippen molar-refractivity contribution in [2.24, 2.45) is 4.99 Å². The van der Waals surface area contributed by atoms with E-state index in [1.807, 2.05) is 0 Å². The molecule has 6 heteroatoms. The second-order valence-corrected chi connectivity index (χ2v) is 3.75. The van der Waals surface area contributed by atoms with Crippen molar-refractivity contribution in [1.82, 2.24) is 9.88 Å². The van der Waals surface area contributed by atoms with E-state index in [9.17, 15) is 4.39 Å². The number of aromatic nitrogens is 1. The summed E-state index contributed by atoms with van der Waals surface area (Å²) in [5.74, 6) is 0.486. The maximum absolute atomic E-state index is 12.4. The predicted octanol–water partition coefficient (Wildman–Crippen LogP) is 2.41. The molecule has 0 saturated carbocycles. The van der Waals surface area contributed by atoms with Gasteiger partial charge in [-0.25, -0.2) is 9.37 Å². The molecular weight excluding hydrogens is 243 g/mol. The first kappa shape index (κ1) is 13.4. The monoisotopic (exact) mass is 254 g/mol. The molecule has 17 heavy (non-hydrogen) atoms. The van der Waals surface area contributed by atoms with Crippen molar-refractivity contribution in [3.05, 3.63) is 29.0 Å².